The standard InChI is InChI=1S/C26H29N5/c1-20-6-5-7-23(18-20)31-16-14-30(15-17-31)22-12-10-21(11-13-22)27-19-26-28-24-8-3-4-9-25(24)29(26)2/h3-13,18,27H,14-17,19H2,1-2H3. The van der Waals surface area contributed by atoms with E-state index in [0.29, 0.717) is 6.54 Å². The molecule has 158 valence electrons. The lowest BCUT2D eigenvalue weighted by atomic mass is 10.2. The third-order valence-corrected chi connectivity index (χ3v) is 6.21. The molecule has 1 saturated heterocycles. The van der Waals surface area contributed by atoms with Crippen LogP contribution in [0.2, 0.25) is 0 Å². The van der Waals surface area contributed by atoms with E-state index in [9.17, 15) is 0 Å². The average molecular weight is 412 g/mol. The molecule has 0 spiro atoms. The lowest BCUT2D eigenvalue weighted by Gasteiger charge is -2.37. The van der Waals surface area contributed by atoms with Crippen LogP contribution in [0.3, 0.4) is 0 Å². The summed E-state index contributed by atoms with van der Waals surface area (Å²) in [7, 11) is 2.08. The van der Waals surface area contributed by atoms with Gasteiger partial charge in [0.2, 0.25) is 0 Å². The van der Waals surface area contributed by atoms with E-state index in [2.05, 4.69) is 100 Å². The Bertz CT molecular complexity index is 1170. The molecule has 5 nitrogen and oxygen atoms in total. The zero-order chi connectivity index (χ0) is 21.2. The highest BCUT2D eigenvalue weighted by Gasteiger charge is 2.17. The number of para-hydroxylation sites is 2. The second-order valence-electron chi connectivity index (χ2n) is 8.29. The van der Waals surface area contributed by atoms with Gasteiger partial charge < -0.3 is 19.7 Å². The second-order valence-corrected chi connectivity index (χ2v) is 8.29. The number of imidazole rings is 1. The van der Waals surface area contributed by atoms with E-state index in [1.165, 1.54) is 22.5 Å². The maximum atomic E-state index is 4.74. The molecule has 5 rings (SSSR count). The van der Waals surface area contributed by atoms with E-state index in [4.69, 9.17) is 4.98 Å². The van der Waals surface area contributed by atoms with Crippen molar-refractivity contribution in [2.24, 2.45) is 7.05 Å². The number of hydrogen-bond acceptors (Lipinski definition) is 4. The maximum Gasteiger partial charge on any atom is 0.128 e. The van der Waals surface area contributed by atoms with E-state index >= 15 is 0 Å². The molecule has 2 heterocycles. The molecule has 0 amide bonds. The van der Waals surface area contributed by atoms with Gasteiger partial charge in [0.15, 0.2) is 0 Å². The van der Waals surface area contributed by atoms with E-state index < -0.39 is 0 Å². The van der Waals surface area contributed by atoms with Crippen molar-refractivity contribution in [2.75, 3.05) is 41.3 Å². The number of aromatic nitrogens is 2. The van der Waals surface area contributed by atoms with Gasteiger partial charge in [-0.2, -0.15) is 0 Å². The minimum atomic E-state index is 0.708. The molecule has 1 aromatic heterocycles. The Morgan fingerprint density at radius 1 is 0.806 bits per heavy atom. The summed E-state index contributed by atoms with van der Waals surface area (Å²) in [4.78, 5) is 9.70. The summed E-state index contributed by atoms with van der Waals surface area (Å²) < 4.78 is 2.16. The predicted molar refractivity (Wildman–Crippen MR) is 130 cm³/mol. The zero-order valence-electron chi connectivity index (χ0n) is 18.3. The molecule has 0 bridgehead atoms. The molecule has 4 aromatic rings. The molecular weight excluding hydrogens is 382 g/mol. The van der Waals surface area contributed by atoms with Crippen LogP contribution in [0.1, 0.15) is 11.4 Å². The first kappa shape index (κ1) is 19.5. The lowest BCUT2D eigenvalue weighted by Crippen LogP contribution is -2.46. The number of aryl methyl sites for hydroxylation is 2. The van der Waals surface area contributed by atoms with Crippen LogP contribution in [-0.2, 0) is 13.6 Å². The van der Waals surface area contributed by atoms with Crippen LogP contribution < -0.4 is 15.1 Å². The van der Waals surface area contributed by atoms with Gasteiger partial charge >= 0.3 is 0 Å². The Labute approximate surface area is 183 Å². The molecule has 0 radical (unpaired) electrons. The van der Waals surface area contributed by atoms with Gasteiger partial charge in [-0.25, -0.2) is 4.98 Å². The van der Waals surface area contributed by atoms with Crippen molar-refractivity contribution in [3.05, 3.63) is 84.2 Å². The Morgan fingerprint density at radius 2 is 1.52 bits per heavy atom. The number of hydrogen-bond donors (Lipinski definition) is 1. The molecule has 1 fully saturated rings. The minimum Gasteiger partial charge on any atom is -0.378 e. The summed E-state index contributed by atoms with van der Waals surface area (Å²) in [5.41, 5.74) is 7.27. The fourth-order valence-corrected chi connectivity index (χ4v) is 4.37. The predicted octanol–water partition coefficient (Wildman–Crippen LogP) is 4.82. The molecule has 0 aliphatic carbocycles. The Balaban J connectivity index is 1.19. The van der Waals surface area contributed by atoms with Crippen molar-refractivity contribution >= 4 is 28.1 Å². The van der Waals surface area contributed by atoms with Crippen LogP contribution in [0.15, 0.2) is 72.8 Å². The summed E-state index contributed by atoms with van der Waals surface area (Å²) in [5.74, 6) is 1.04. The third-order valence-electron chi connectivity index (χ3n) is 6.21. The van der Waals surface area contributed by atoms with Crippen LogP contribution in [0.4, 0.5) is 17.1 Å². The quantitative estimate of drug-likeness (QED) is 0.511. The summed E-state index contributed by atoms with van der Waals surface area (Å²) in [6.45, 7) is 7.05. The van der Waals surface area contributed by atoms with Gasteiger partial charge in [-0.05, 0) is 61.0 Å². The largest absolute Gasteiger partial charge is 0.378 e. The zero-order valence-corrected chi connectivity index (χ0v) is 18.3. The van der Waals surface area contributed by atoms with E-state index in [0.717, 1.165) is 43.2 Å². The van der Waals surface area contributed by atoms with Crippen LogP contribution >= 0.6 is 0 Å². The van der Waals surface area contributed by atoms with Crippen molar-refractivity contribution < 1.29 is 0 Å². The lowest BCUT2D eigenvalue weighted by molar-refractivity contribution is 0.653. The highest BCUT2D eigenvalue weighted by Crippen LogP contribution is 2.23. The smallest absolute Gasteiger partial charge is 0.128 e. The maximum absolute atomic E-state index is 4.74. The number of piperazine rings is 1. The number of benzene rings is 3. The molecule has 3 aromatic carbocycles. The minimum absolute atomic E-state index is 0.708. The van der Waals surface area contributed by atoms with Crippen LogP contribution in [0.5, 0.6) is 0 Å². The van der Waals surface area contributed by atoms with Gasteiger partial charge in [-0.3, -0.25) is 0 Å². The fourth-order valence-electron chi connectivity index (χ4n) is 4.37. The van der Waals surface area contributed by atoms with Gasteiger partial charge in [0.25, 0.3) is 0 Å². The number of nitrogens with zero attached hydrogens (tertiary/aromatic N) is 4. The van der Waals surface area contributed by atoms with Gasteiger partial charge in [0, 0.05) is 50.3 Å². The SMILES string of the molecule is Cc1cccc(N2CCN(c3ccc(NCc4nc5ccccc5n4C)cc3)CC2)c1. The summed E-state index contributed by atoms with van der Waals surface area (Å²) >= 11 is 0. The fraction of sp³-hybridized carbons (Fsp3) is 0.269. The van der Waals surface area contributed by atoms with Crippen molar-refractivity contribution in [3.8, 4) is 0 Å². The van der Waals surface area contributed by atoms with E-state index in [1.807, 2.05) is 6.07 Å². The highest BCUT2D eigenvalue weighted by molar-refractivity contribution is 5.75. The molecule has 5 heteroatoms. The molecule has 1 aliphatic rings. The average Bonchev–Trinajstić information content (AvgIpc) is 3.14. The van der Waals surface area contributed by atoms with Gasteiger partial charge in [-0.15, -0.1) is 0 Å². The van der Waals surface area contributed by atoms with Gasteiger partial charge in [0.1, 0.15) is 5.82 Å². The first-order chi connectivity index (χ1) is 15.2. The molecule has 31 heavy (non-hydrogen) atoms. The summed E-state index contributed by atoms with van der Waals surface area (Å²) in [5, 5.41) is 3.52. The van der Waals surface area contributed by atoms with Crippen LogP contribution in [-0.4, -0.2) is 35.7 Å². The summed E-state index contributed by atoms with van der Waals surface area (Å²) in [6, 6.07) is 25.9. The van der Waals surface area contributed by atoms with Crippen molar-refractivity contribution in [1.29, 1.82) is 0 Å². The van der Waals surface area contributed by atoms with E-state index in [1.54, 1.807) is 0 Å². The number of nitrogens with one attached hydrogen (secondary N) is 1. The molecular formula is C26H29N5. The second kappa shape index (κ2) is 8.34. The molecule has 0 atom stereocenters. The van der Waals surface area contributed by atoms with Gasteiger partial charge in [-0.1, -0.05) is 24.3 Å². The molecule has 0 unspecified atom stereocenters. The normalized spacial score (nSPS) is 14.3. The first-order valence-electron chi connectivity index (χ1n) is 11.0. The van der Waals surface area contributed by atoms with Crippen molar-refractivity contribution in [3.63, 3.8) is 0 Å². The number of fused-ring (bicyclic) bond motifs is 1. The Hall–Kier alpha value is -3.47. The molecule has 0 saturated carbocycles. The van der Waals surface area contributed by atoms with Crippen LogP contribution in [0, 0.1) is 6.92 Å². The van der Waals surface area contributed by atoms with Crippen LogP contribution in [0.25, 0.3) is 11.0 Å². The Morgan fingerprint density at radius 3 is 2.23 bits per heavy atom. The molecule has 1 N–H and O–H groups in total. The first-order valence-corrected chi connectivity index (χ1v) is 11.0. The monoisotopic (exact) mass is 411 g/mol. The van der Waals surface area contributed by atoms with Crippen molar-refractivity contribution in [1.82, 2.24) is 9.55 Å². The molecule has 1 aliphatic heterocycles. The van der Waals surface area contributed by atoms with Gasteiger partial charge in [0.05, 0.1) is 17.6 Å². The third kappa shape index (κ3) is 4.08. The topological polar surface area (TPSA) is 36.3 Å². The summed E-state index contributed by atoms with van der Waals surface area (Å²) in [6.07, 6.45) is 0. The Kier molecular flexibility index (Phi) is 5.24. The number of rotatable bonds is 5. The number of anilines is 3. The van der Waals surface area contributed by atoms with E-state index in [-0.39, 0.29) is 0 Å². The highest BCUT2D eigenvalue weighted by atomic mass is 15.3. The van der Waals surface area contributed by atoms with Crippen molar-refractivity contribution in [2.45, 2.75) is 13.5 Å².